The summed E-state index contributed by atoms with van der Waals surface area (Å²) in [5.74, 6) is 0. The van der Waals surface area contributed by atoms with Crippen LogP contribution < -0.4 is 31.1 Å². The van der Waals surface area contributed by atoms with Gasteiger partial charge in [0.25, 0.3) is 6.71 Å². The number of thiophene rings is 1. The van der Waals surface area contributed by atoms with E-state index in [9.17, 15) is 0 Å². The second-order valence-corrected chi connectivity index (χ2v) is 33.9. The van der Waals surface area contributed by atoms with Crippen LogP contribution in [0.2, 0.25) is 0 Å². The van der Waals surface area contributed by atoms with Gasteiger partial charge in [0.1, 0.15) is 0 Å². The Hall–Kier alpha value is -6.56. The van der Waals surface area contributed by atoms with E-state index in [1.807, 2.05) is 11.3 Å². The number of benzene rings is 8. The molecule has 9 aromatic rings. The zero-order valence-electron chi connectivity index (χ0n) is 55.0. The van der Waals surface area contributed by atoms with Crippen molar-refractivity contribution in [2.24, 2.45) is 0 Å². The van der Waals surface area contributed by atoms with E-state index in [-0.39, 0.29) is 50.0 Å². The zero-order chi connectivity index (χ0) is 60.7. The molecule has 2 aliphatic heterocycles. The summed E-state index contributed by atoms with van der Waals surface area (Å²) in [5, 5.41) is 2.65. The largest absolute Gasteiger partial charge is 0.311 e. The van der Waals surface area contributed by atoms with Gasteiger partial charge < -0.3 is 14.7 Å². The van der Waals surface area contributed by atoms with Gasteiger partial charge in [0.15, 0.2) is 0 Å². The summed E-state index contributed by atoms with van der Waals surface area (Å²) in [6, 6.07) is 58.7. The number of rotatable bonds is 5. The topological polar surface area (TPSA) is 9.72 Å². The molecule has 436 valence electrons. The van der Waals surface area contributed by atoms with Crippen LogP contribution in [0.5, 0.6) is 0 Å². The summed E-state index contributed by atoms with van der Waals surface area (Å²) >= 11 is 1.95. The fourth-order valence-corrected chi connectivity index (χ4v) is 16.5. The predicted molar refractivity (Wildman–Crippen MR) is 373 cm³/mol. The lowest BCUT2D eigenvalue weighted by molar-refractivity contribution is 0.332. The SMILES string of the molecule is CC(C)(C)c1ccc(N(c2ccc(C(C)(C)C)cc2)c2ccc3c(c2)N(c2cc(C(C)(C)C)c4sc5ccccc5c4c2)c2cc(C(C)(C)C)cc4c2B3c2cc3c(cc2N4c2ccc4c(c2)C(C)(C)CCC4(C)C)C(C)(C)CCC3(C)C)cc1. The van der Waals surface area contributed by atoms with Gasteiger partial charge in [-0.15, -0.1) is 11.3 Å². The first-order valence-corrected chi connectivity index (χ1v) is 32.7. The lowest BCUT2D eigenvalue weighted by Crippen LogP contribution is -2.62. The van der Waals surface area contributed by atoms with Crippen molar-refractivity contribution in [2.45, 2.75) is 207 Å². The van der Waals surface area contributed by atoms with E-state index in [2.05, 4.69) is 299 Å². The Morgan fingerprint density at radius 3 is 1.41 bits per heavy atom. The third-order valence-electron chi connectivity index (χ3n) is 20.8. The molecule has 0 atom stereocenters. The normalized spacial score (nSPS) is 17.5. The number of nitrogens with zero attached hydrogens (tertiary/aromatic N) is 3. The molecule has 0 spiro atoms. The van der Waals surface area contributed by atoms with Gasteiger partial charge in [-0.05, 0) is 215 Å². The van der Waals surface area contributed by atoms with Gasteiger partial charge in [-0.25, -0.2) is 0 Å². The molecule has 2 aliphatic carbocycles. The van der Waals surface area contributed by atoms with Gasteiger partial charge in [0.05, 0.1) is 0 Å². The Morgan fingerprint density at radius 2 is 0.871 bits per heavy atom. The van der Waals surface area contributed by atoms with E-state index in [1.54, 1.807) is 0 Å². The molecule has 0 saturated carbocycles. The molecule has 0 unspecified atom stereocenters. The van der Waals surface area contributed by atoms with E-state index in [0.717, 1.165) is 36.3 Å². The zero-order valence-corrected chi connectivity index (χ0v) is 55.8. The molecule has 5 heteroatoms. The predicted octanol–water partition coefficient (Wildman–Crippen LogP) is 21.5. The number of hydrogen-bond acceptors (Lipinski definition) is 4. The second-order valence-electron chi connectivity index (χ2n) is 32.9. The molecule has 0 N–H and O–H groups in total. The van der Waals surface area contributed by atoms with E-state index >= 15 is 0 Å². The third-order valence-corrected chi connectivity index (χ3v) is 22.0. The Bertz CT molecular complexity index is 4120. The number of fused-ring (bicyclic) bond motifs is 9. The maximum absolute atomic E-state index is 2.74. The third kappa shape index (κ3) is 9.41. The molecule has 85 heavy (non-hydrogen) atoms. The Morgan fingerprint density at radius 1 is 0.388 bits per heavy atom. The molecule has 0 radical (unpaired) electrons. The molecule has 4 aliphatic rings. The van der Waals surface area contributed by atoms with Gasteiger partial charge in [-0.1, -0.05) is 199 Å². The van der Waals surface area contributed by atoms with Crippen LogP contribution in [0.15, 0.2) is 146 Å². The fourth-order valence-electron chi connectivity index (χ4n) is 15.1. The van der Waals surface area contributed by atoms with Crippen LogP contribution in [0.1, 0.15) is 209 Å². The maximum atomic E-state index is 2.74. The van der Waals surface area contributed by atoms with Gasteiger partial charge in [0, 0.05) is 71.4 Å². The average Bonchev–Trinajstić information content (AvgIpc) is 0.998. The molecule has 8 aromatic carbocycles. The van der Waals surface area contributed by atoms with Crippen molar-refractivity contribution in [1.29, 1.82) is 0 Å². The quantitative estimate of drug-likeness (QED) is 0.159. The van der Waals surface area contributed by atoms with Crippen LogP contribution in [-0.4, -0.2) is 6.71 Å². The van der Waals surface area contributed by atoms with Crippen LogP contribution in [-0.2, 0) is 43.3 Å². The standard InChI is InChI=1S/C80H92BN3S/c1-73(2,3)49-25-29-52(30-26-49)82(53-31-27-50(28-32-53)74(4,5)6)55-34-36-64-66(46-55)84(56-43-58-57-23-21-22-24-70(57)85-72(58)63(45-56)76(10,11)12)69-42-51(75(7,8)9)41-68-71(69)81(64)65-47-61-62(80(19,20)40-39-79(61,17)18)48-67(65)83(68)54-33-35-59-60(44-54)78(15,16)38-37-77(59,13)14/h21-36,41-48H,37-40H2,1-20H3. The first-order chi connectivity index (χ1) is 39.6. The van der Waals surface area contributed by atoms with Crippen molar-refractivity contribution >= 4 is 106 Å². The monoisotopic (exact) mass is 1140 g/mol. The lowest BCUT2D eigenvalue weighted by Gasteiger charge is -2.48. The Balaban J connectivity index is 1.17. The molecule has 0 amide bonds. The van der Waals surface area contributed by atoms with Crippen LogP contribution in [0.4, 0.5) is 51.2 Å². The highest BCUT2D eigenvalue weighted by molar-refractivity contribution is 7.26. The van der Waals surface area contributed by atoms with Crippen LogP contribution >= 0.6 is 11.3 Å². The first-order valence-electron chi connectivity index (χ1n) is 31.9. The van der Waals surface area contributed by atoms with Crippen molar-refractivity contribution in [2.75, 3.05) is 14.7 Å². The van der Waals surface area contributed by atoms with Gasteiger partial charge in [-0.2, -0.15) is 0 Å². The fraction of sp³-hybridized carbons (Fsp3) is 0.400. The van der Waals surface area contributed by atoms with E-state index in [4.69, 9.17) is 0 Å². The highest BCUT2D eigenvalue weighted by atomic mass is 32.1. The second kappa shape index (κ2) is 19.0. The van der Waals surface area contributed by atoms with E-state index in [0.29, 0.717) is 0 Å². The molecule has 13 rings (SSSR count). The molecule has 3 heterocycles. The van der Waals surface area contributed by atoms with Crippen molar-refractivity contribution in [3.05, 3.63) is 190 Å². The highest BCUT2D eigenvalue weighted by Gasteiger charge is 2.48. The molecule has 3 nitrogen and oxygen atoms in total. The molecule has 0 saturated heterocycles. The molecule has 0 bridgehead atoms. The minimum atomic E-state index is -0.177. The van der Waals surface area contributed by atoms with Crippen molar-refractivity contribution in [3.63, 3.8) is 0 Å². The van der Waals surface area contributed by atoms with Gasteiger partial charge in [-0.3, -0.25) is 0 Å². The van der Waals surface area contributed by atoms with Crippen LogP contribution in [0.25, 0.3) is 20.2 Å². The summed E-state index contributed by atoms with van der Waals surface area (Å²) in [6.45, 7) is 48.2. The lowest BCUT2D eigenvalue weighted by atomic mass is 9.33. The summed E-state index contributed by atoms with van der Waals surface area (Å²) in [5.41, 5.74) is 26.3. The number of hydrogen-bond donors (Lipinski definition) is 0. The highest BCUT2D eigenvalue weighted by Crippen LogP contribution is 2.55. The van der Waals surface area contributed by atoms with Gasteiger partial charge in [0.2, 0.25) is 0 Å². The van der Waals surface area contributed by atoms with E-state index < -0.39 is 0 Å². The van der Waals surface area contributed by atoms with E-state index in [1.165, 1.54) is 122 Å². The summed E-state index contributed by atoms with van der Waals surface area (Å²) in [4.78, 5) is 7.98. The Labute approximate surface area is 515 Å². The minimum Gasteiger partial charge on any atom is -0.311 e. The molecular formula is C80H92BN3S. The number of anilines is 9. The summed E-state index contributed by atoms with van der Waals surface area (Å²) in [7, 11) is 0. The molecular weight excluding hydrogens is 1050 g/mol. The average molecular weight is 1140 g/mol. The van der Waals surface area contributed by atoms with Crippen molar-refractivity contribution in [1.82, 2.24) is 0 Å². The van der Waals surface area contributed by atoms with Crippen LogP contribution in [0, 0.1) is 0 Å². The Kier molecular flexibility index (Phi) is 12.8. The summed E-state index contributed by atoms with van der Waals surface area (Å²) < 4.78 is 2.71. The van der Waals surface area contributed by atoms with Crippen molar-refractivity contribution < 1.29 is 0 Å². The minimum absolute atomic E-state index is 0.00633. The smallest absolute Gasteiger partial charge is 0.252 e. The molecule has 1 aromatic heterocycles. The first kappa shape index (κ1) is 57.5. The van der Waals surface area contributed by atoms with Gasteiger partial charge >= 0.3 is 0 Å². The molecule has 0 fully saturated rings. The maximum Gasteiger partial charge on any atom is 0.252 e. The van der Waals surface area contributed by atoms with Crippen LogP contribution in [0.3, 0.4) is 0 Å². The van der Waals surface area contributed by atoms with Crippen molar-refractivity contribution in [3.8, 4) is 0 Å². The summed E-state index contributed by atoms with van der Waals surface area (Å²) in [6.07, 6.45) is 4.65.